The maximum atomic E-state index is 12.9. The van der Waals surface area contributed by atoms with Crippen LogP contribution in [0.2, 0.25) is 0 Å². The van der Waals surface area contributed by atoms with Crippen LogP contribution in [0.5, 0.6) is 5.75 Å². The number of alkyl carbamates (subject to hydrolysis) is 1. The quantitative estimate of drug-likeness (QED) is 0.140. The normalized spacial score (nSPS) is 16.3. The lowest BCUT2D eigenvalue weighted by atomic mass is 9.98. The van der Waals surface area contributed by atoms with Crippen LogP contribution < -0.4 is 21.1 Å². The lowest BCUT2D eigenvalue weighted by Gasteiger charge is -2.29. The monoisotopic (exact) mass is 761 g/mol. The van der Waals surface area contributed by atoms with Gasteiger partial charge in [-0.05, 0) is 70.6 Å². The molecule has 1 aliphatic heterocycles. The fourth-order valence-electron chi connectivity index (χ4n) is 6.29. The number of likely N-dealkylation sites (tertiary alicyclic amines) is 1. The van der Waals surface area contributed by atoms with Crippen LogP contribution in [0.25, 0.3) is 11.1 Å². The molecule has 0 saturated carbocycles. The first-order valence-electron chi connectivity index (χ1n) is 16.1. The summed E-state index contributed by atoms with van der Waals surface area (Å²) in [7, 11) is 4.37. The van der Waals surface area contributed by atoms with Crippen LogP contribution in [0, 0.1) is 0 Å². The third kappa shape index (κ3) is 8.91. The Morgan fingerprint density at radius 1 is 0.940 bits per heavy atom. The van der Waals surface area contributed by atoms with Crippen LogP contribution in [0.1, 0.15) is 60.2 Å². The Hall–Kier alpha value is -4.24. The van der Waals surface area contributed by atoms with Gasteiger partial charge in [0.1, 0.15) is 24.4 Å². The van der Waals surface area contributed by atoms with Crippen molar-refractivity contribution in [1.82, 2.24) is 10.2 Å². The first-order chi connectivity index (χ1) is 23.6. The molecule has 2 unspecified atom stereocenters. The van der Waals surface area contributed by atoms with Crippen LogP contribution >= 0.6 is 25.2 Å². The molecule has 6 rings (SSSR count). The van der Waals surface area contributed by atoms with Crippen LogP contribution in [0.3, 0.4) is 0 Å². The van der Waals surface area contributed by atoms with Crippen LogP contribution in [0.4, 0.5) is 4.79 Å². The number of ether oxygens (including phenoxy) is 2. The molecule has 1 aliphatic carbocycles. The van der Waals surface area contributed by atoms with Crippen LogP contribution in [-0.2, 0) is 14.3 Å². The SMILES string of the molecule is C.COc1ccc(C(Br)c2ccc(P)cc2)cc1.C[C@@H](O)[C@H](NC(=O)OCC1c2ccccc2-c2ccccc21)C(=O)N1CCC[C@H]1C(N)=O. The van der Waals surface area contributed by atoms with Gasteiger partial charge in [0, 0.05) is 12.5 Å². The Morgan fingerprint density at radius 2 is 1.48 bits per heavy atom. The number of amides is 3. The smallest absolute Gasteiger partial charge is 0.407 e. The molecular weight excluding hydrogens is 717 g/mol. The number of carbonyl (C=O) groups is 3. The molecule has 3 amide bonds. The number of nitrogens with one attached hydrogen (secondary N) is 1. The Labute approximate surface area is 304 Å². The molecule has 5 atom stereocenters. The van der Waals surface area contributed by atoms with E-state index in [9.17, 15) is 19.5 Å². The molecule has 0 spiro atoms. The number of nitrogens with zero attached hydrogens (tertiary/aromatic N) is 1. The number of nitrogens with two attached hydrogens (primary N) is 1. The van der Waals surface area contributed by atoms with Crippen molar-refractivity contribution in [3.05, 3.63) is 119 Å². The highest BCUT2D eigenvalue weighted by atomic mass is 79.9. The van der Waals surface area contributed by atoms with Crippen molar-refractivity contribution in [3.8, 4) is 16.9 Å². The number of benzene rings is 4. The Bertz CT molecular complexity index is 1720. The summed E-state index contributed by atoms with van der Waals surface area (Å²) in [5.74, 6) is -0.378. The number of alkyl halides is 1. The number of aliphatic hydroxyl groups excluding tert-OH is 1. The predicted octanol–water partition coefficient (Wildman–Crippen LogP) is 6.07. The fraction of sp³-hybridized carbons (Fsp3) is 0.308. The van der Waals surface area contributed by atoms with Gasteiger partial charge in [-0.15, -0.1) is 9.24 Å². The zero-order valence-corrected chi connectivity index (χ0v) is 30.2. The van der Waals surface area contributed by atoms with Gasteiger partial charge in [0.25, 0.3) is 0 Å². The first-order valence-corrected chi connectivity index (χ1v) is 17.6. The Balaban J connectivity index is 0.000000264. The van der Waals surface area contributed by atoms with Gasteiger partial charge in [-0.3, -0.25) is 9.59 Å². The third-order valence-corrected chi connectivity index (χ3v) is 10.3. The van der Waals surface area contributed by atoms with E-state index in [2.05, 4.69) is 66.9 Å². The number of methoxy groups -OCH3 is 1. The largest absolute Gasteiger partial charge is 0.497 e. The number of halogens is 1. The van der Waals surface area contributed by atoms with Gasteiger partial charge < -0.3 is 30.5 Å². The van der Waals surface area contributed by atoms with Gasteiger partial charge in [-0.2, -0.15) is 0 Å². The number of primary amides is 1. The Morgan fingerprint density at radius 3 is 2.00 bits per heavy atom. The fourth-order valence-corrected chi connectivity index (χ4v) is 7.09. The maximum absolute atomic E-state index is 12.9. The molecule has 50 heavy (non-hydrogen) atoms. The molecule has 4 N–H and O–H groups in total. The van der Waals surface area contributed by atoms with Gasteiger partial charge in [-0.1, -0.05) is 108 Å². The van der Waals surface area contributed by atoms with Gasteiger partial charge in [-0.25, -0.2) is 4.79 Å². The predicted molar refractivity (Wildman–Crippen MR) is 204 cm³/mol. The molecule has 0 aromatic heterocycles. The summed E-state index contributed by atoms with van der Waals surface area (Å²) in [6.07, 6.45) is -0.868. The van der Waals surface area contributed by atoms with Crippen molar-refractivity contribution in [3.63, 3.8) is 0 Å². The van der Waals surface area contributed by atoms with Crippen molar-refractivity contribution in [2.45, 2.75) is 56.1 Å². The second-order valence-electron chi connectivity index (χ2n) is 12.1. The molecule has 4 aromatic rings. The summed E-state index contributed by atoms with van der Waals surface area (Å²) in [6.45, 7) is 1.85. The molecular formula is C39H45BrN3O6P. The number of hydrogen-bond donors (Lipinski definition) is 3. The van der Waals surface area contributed by atoms with Gasteiger partial charge in [0.15, 0.2) is 0 Å². The highest BCUT2D eigenvalue weighted by Gasteiger charge is 2.39. The molecule has 264 valence electrons. The molecule has 1 fully saturated rings. The average molecular weight is 763 g/mol. The number of hydrogen-bond acceptors (Lipinski definition) is 6. The second-order valence-corrected chi connectivity index (χ2v) is 13.7. The van der Waals surface area contributed by atoms with E-state index in [1.165, 1.54) is 28.3 Å². The lowest BCUT2D eigenvalue weighted by molar-refractivity contribution is -0.140. The number of fused-ring (bicyclic) bond motifs is 3. The average Bonchev–Trinajstić information content (AvgIpc) is 3.74. The molecule has 0 radical (unpaired) electrons. The molecule has 2 aliphatic rings. The lowest BCUT2D eigenvalue weighted by Crippen LogP contribution is -2.56. The zero-order valence-electron chi connectivity index (χ0n) is 27.4. The number of rotatable bonds is 9. The molecule has 0 bridgehead atoms. The summed E-state index contributed by atoms with van der Waals surface area (Å²) < 4.78 is 10.6. The van der Waals surface area contributed by atoms with Crippen molar-refractivity contribution in [1.29, 1.82) is 0 Å². The third-order valence-electron chi connectivity index (χ3n) is 8.87. The second kappa shape index (κ2) is 17.6. The van der Waals surface area contributed by atoms with Crippen molar-refractivity contribution >= 4 is 48.4 Å². The van der Waals surface area contributed by atoms with E-state index < -0.39 is 36.1 Å². The summed E-state index contributed by atoms with van der Waals surface area (Å²) in [6, 6.07) is 30.6. The first kappa shape index (κ1) is 38.6. The summed E-state index contributed by atoms with van der Waals surface area (Å²) in [5, 5.41) is 13.8. The van der Waals surface area contributed by atoms with Gasteiger partial charge >= 0.3 is 6.09 Å². The minimum atomic E-state index is -1.23. The van der Waals surface area contributed by atoms with Gasteiger partial charge in [0.2, 0.25) is 11.8 Å². The van der Waals surface area contributed by atoms with E-state index in [-0.39, 0.29) is 24.8 Å². The number of aliphatic hydroxyl groups is 1. The van der Waals surface area contributed by atoms with E-state index in [4.69, 9.17) is 15.2 Å². The molecule has 9 nitrogen and oxygen atoms in total. The van der Waals surface area contributed by atoms with Crippen LogP contribution in [-0.4, -0.2) is 66.4 Å². The van der Waals surface area contributed by atoms with E-state index in [0.29, 0.717) is 19.4 Å². The minimum absolute atomic E-state index is 0. The number of carbonyl (C=O) groups excluding carboxylic acids is 3. The van der Waals surface area contributed by atoms with Crippen molar-refractivity contribution in [2.24, 2.45) is 5.73 Å². The molecule has 11 heteroatoms. The standard InChI is InChI=1S/C24H27N3O5.C14H14BrOP.CH4/c1-14(28)21(23(30)27-12-6-11-20(27)22(25)29)26-24(31)32-13-19-17-9-4-2-7-15(17)16-8-3-5-10-18(16)19;1-16-12-6-2-10(3-7-12)14(15)11-4-8-13(17)9-5-11;/h2-5,7-10,14,19-21,28H,6,11-13H2,1H3,(H2,25,29)(H,26,31);2-9,14H,17H2,1H3;1H4/t14-,20+,21+;;/m1../s1. The minimum Gasteiger partial charge on any atom is -0.497 e. The van der Waals surface area contributed by atoms with E-state index in [1.807, 2.05) is 60.7 Å². The van der Waals surface area contributed by atoms with Crippen molar-refractivity contribution in [2.75, 3.05) is 20.3 Å². The molecule has 1 saturated heterocycles. The molecule has 4 aromatic carbocycles. The topological polar surface area (TPSA) is 131 Å². The van der Waals surface area contributed by atoms with Crippen LogP contribution in [0.15, 0.2) is 97.1 Å². The zero-order chi connectivity index (χ0) is 35.1. The highest BCUT2D eigenvalue weighted by Crippen LogP contribution is 2.44. The summed E-state index contributed by atoms with van der Waals surface area (Å²) in [4.78, 5) is 38.7. The molecule has 1 heterocycles. The summed E-state index contributed by atoms with van der Waals surface area (Å²) >= 11 is 3.72. The highest BCUT2D eigenvalue weighted by molar-refractivity contribution is 9.09. The van der Waals surface area contributed by atoms with Crippen molar-refractivity contribution < 1.29 is 29.0 Å². The Kier molecular flexibility index (Phi) is 13.6. The van der Waals surface area contributed by atoms with E-state index >= 15 is 0 Å². The summed E-state index contributed by atoms with van der Waals surface area (Å²) in [5.41, 5.74) is 12.2. The van der Waals surface area contributed by atoms with E-state index in [1.54, 1.807) is 7.11 Å². The van der Waals surface area contributed by atoms with E-state index in [0.717, 1.165) is 28.0 Å². The maximum Gasteiger partial charge on any atom is 0.407 e. The van der Waals surface area contributed by atoms with Gasteiger partial charge in [0.05, 0.1) is 18.0 Å².